The van der Waals surface area contributed by atoms with Crippen molar-refractivity contribution in [1.29, 1.82) is 0 Å². The molecule has 0 spiro atoms. The lowest BCUT2D eigenvalue weighted by atomic mass is 9.87. The van der Waals surface area contributed by atoms with Crippen LogP contribution in [0, 0.1) is 5.41 Å². The Morgan fingerprint density at radius 2 is 1.19 bits per heavy atom. The number of aliphatic hydroxyl groups is 1. The fraction of sp³-hybridized carbons (Fsp3) is 0.468. The van der Waals surface area contributed by atoms with Crippen LogP contribution in [0.5, 0.6) is 0 Å². The zero-order valence-electron chi connectivity index (χ0n) is 39.0. The predicted molar refractivity (Wildman–Crippen MR) is 252 cm³/mol. The Bertz CT molecular complexity index is 2540. The first-order valence-electron chi connectivity index (χ1n) is 22.7. The van der Waals surface area contributed by atoms with Crippen molar-refractivity contribution in [2.24, 2.45) is 16.9 Å². The Balaban J connectivity index is 1.32. The van der Waals surface area contributed by atoms with Gasteiger partial charge >= 0.3 is 5.97 Å². The number of nitrogens with one attached hydrogen (secondary N) is 9. The summed E-state index contributed by atoms with van der Waals surface area (Å²) in [6.45, 7) is 5.84. The summed E-state index contributed by atoms with van der Waals surface area (Å²) >= 11 is 0. The van der Waals surface area contributed by atoms with Crippen LogP contribution in [0.25, 0.3) is 21.8 Å². The zero-order valence-corrected chi connectivity index (χ0v) is 39.0. The third-order valence-corrected chi connectivity index (χ3v) is 11.8. The number of piperidine rings is 1. The molecule has 5 rings (SSSR count). The molecule has 3 heterocycles. The van der Waals surface area contributed by atoms with Gasteiger partial charge in [0.1, 0.15) is 35.7 Å². The maximum absolute atomic E-state index is 14.1. The number of aromatic amines is 2. The van der Waals surface area contributed by atoms with Crippen LogP contribution in [-0.2, 0) is 56.0 Å². The number of rotatable bonds is 23. The van der Waals surface area contributed by atoms with Crippen molar-refractivity contribution >= 4 is 75.0 Å². The topological polar surface area (TPSA) is 362 Å². The van der Waals surface area contributed by atoms with Crippen molar-refractivity contribution in [2.75, 3.05) is 13.2 Å². The van der Waals surface area contributed by atoms with Gasteiger partial charge in [0, 0.05) is 47.0 Å². The molecule has 1 saturated heterocycles. The minimum Gasteiger partial charge on any atom is -0.481 e. The van der Waals surface area contributed by atoms with Crippen LogP contribution in [0.3, 0.4) is 0 Å². The molecule has 2 aromatic heterocycles. The van der Waals surface area contributed by atoms with Gasteiger partial charge < -0.3 is 68.9 Å². The number of carbonyl (C=O) groups is 9. The number of primary amides is 2. The maximum Gasteiger partial charge on any atom is 0.305 e. The Morgan fingerprint density at radius 1 is 0.667 bits per heavy atom. The molecular formula is C47H63N11O11. The first kappa shape index (κ1) is 52.6. The molecule has 372 valence electrons. The summed E-state index contributed by atoms with van der Waals surface area (Å²) in [6, 6.07) is 6.31. The van der Waals surface area contributed by atoms with Crippen LogP contribution >= 0.6 is 0 Å². The highest BCUT2D eigenvalue weighted by atomic mass is 16.4. The zero-order chi connectivity index (χ0) is 50.6. The van der Waals surface area contributed by atoms with E-state index < -0.39 is 120 Å². The molecule has 2 aromatic carbocycles. The van der Waals surface area contributed by atoms with E-state index in [1.165, 1.54) is 0 Å². The summed E-state index contributed by atoms with van der Waals surface area (Å²) < 4.78 is 0. The van der Waals surface area contributed by atoms with Gasteiger partial charge in [-0.15, -0.1) is 0 Å². The van der Waals surface area contributed by atoms with Crippen LogP contribution in [0.2, 0.25) is 0 Å². The van der Waals surface area contributed by atoms with E-state index in [9.17, 15) is 53.4 Å². The number of hydrogen-bond acceptors (Lipinski definition) is 11. The Kier molecular flexibility index (Phi) is 17.6. The summed E-state index contributed by atoms with van der Waals surface area (Å²) in [5.41, 5.74) is 11.0. The van der Waals surface area contributed by atoms with Crippen molar-refractivity contribution < 1.29 is 53.4 Å². The van der Waals surface area contributed by atoms with Crippen LogP contribution < -0.4 is 48.7 Å². The number of fused-ring (bicyclic) bond motifs is 2. The molecule has 4 aromatic rings. The van der Waals surface area contributed by atoms with E-state index in [4.69, 9.17) is 11.5 Å². The number of aliphatic carboxylic acids is 1. The lowest BCUT2D eigenvalue weighted by Gasteiger charge is -2.33. The third-order valence-electron chi connectivity index (χ3n) is 11.8. The van der Waals surface area contributed by atoms with E-state index in [0.29, 0.717) is 24.1 Å². The van der Waals surface area contributed by atoms with Crippen molar-refractivity contribution in [3.8, 4) is 0 Å². The second kappa shape index (κ2) is 23.1. The molecule has 1 aliphatic rings. The van der Waals surface area contributed by atoms with Gasteiger partial charge in [-0.05, 0) is 61.4 Å². The average molecular weight is 958 g/mol. The number of carboxylic acid groups (broad SMARTS) is 1. The molecule has 0 aliphatic carbocycles. The second-order valence-corrected chi connectivity index (χ2v) is 18.8. The van der Waals surface area contributed by atoms with Gasteiger partial charge in [0.15, 0.2) is 0 Å². The number of aromatic nitrogens is 2. The van der Waals surface area contributed by atoms with Crippen molar-refractivity contribution in [1.82, 2.24) is 47.2 Å². The number of H-pyrrole nitrogens is 2. The molecule has 0 saturated carbocycles. The third kappa shape index (κ3) is 14.6. The van der Waals surface area contributed by atoms with Crippen molar-refractivity contribution in [2.45, 2.75) is 121 Å². The largest absolute Gasteiger partial charge is 0.481 e. The summed E-state index contributed by atoms with van der Waals surface area (Å²) in [6.07, 6.45) is 3.60. The van der Waals surface area contributed by atoms with Gasteiger partial charge in [0.25, 0.3) is 0 Å². The number of para-hydroxylation sites is 2. The molecule has 0 bridgehead atoms. The van der Waals surface area contributed by atoms with Gasteiger partial charge in [0.2, 0.25) is 47.3 Å². The molecule has 1 aliphatic heterocycles. The van der Waals surface area contributed by atoms with Gasteiger partial charge in [-0.3, -0.25) is 43.2 Å². The summed E-state index contributed by atoms with van der Waals surface area (Å²) in [4.78, 5) is 126. The number of nitrogens with two attached hydrogens (primary N) is 2. The second-order valence-electron chi connectivity index (χ2n) is 18.8. The lowest BCUT2D eigenvalue weighted by molar-refractivity contribution is -0.142. The van der Waals surface area contributed by atoms with E-state index in [0.717, 1.165) is 41.6 Å². The molecule has 1 fully saturated rings. The molecule has 7 atom stereocenters. The fourth-order valence-corrected chi connectivity index (χ4v) is 8.10. The Hall–Kier alpha value is -7.33. The monoisotopic (exact) mass is 957 g/mol. The molecule has 22 heteroatoms. The van der Waals surface area contributed by atoms with Gasteiger partial charge in [-0.2, -0.15) is 0 Å². The van der Waals surface area contributed by atoms with E-state index in [-0.39, 0.29) is 19.3 Å². The van der Waals surface area contributed by atoms with Gasteiger partial charge in [-0.25, -0.2) is 0 Å². The predicted octanol–water partition coefficient (Wildman–Crippen LogP) is -0.861. The highest BCUT2D eigenvalue weighted by Gasteiger charge is 2.41. The maximum atomic E-state index is 14.1. The number of hydrogen-bond donors (Lipinski definition) is 13. The number of aliphatic hydroxyl groups excluding tert-OH is 1. The van der Waals surface area contributed by atoms with Crippen molar-refractivity contribution in [3.05, 3.63) is 72.1 Å². The average Bonchev–Trinajstić information content (AvgIpc) is 3.90. The van der Waals surface area contributed by atoms with E-state index >= 15 is 0 Å². The van der Waals surface area contributed by atoms with E-state index in [1.54, 1.807) is 51.4 Å². The standard InChI is InChI=1S/C47H63N11O11/c1-46(2,3)21-36(44(68)58-47(4,24-59)45(69)57-34(19-37(48)60)42(66)53-32(39(49)63)17-25-22-51-29-13-7-5-11-27(25)29)56-43(67)35(20-38(61)62)55-41(65)33(54-40(64)31-15-9-10-16-50-31)18-26-23-52-30-14-8-6-12-28(26)30/h5-8,11-14,22-23,31-36,50-52,59H,9-10,15-21,24H2,1-4H3,(H2,48,60)(H2,49,63)(H,53,66)(H,54,64)(H,55,65)(H,56,67)(H,57,69)(H,58,68)(H,61,62)/t31-,32-,33-,34-,35-,36-,47-/m0/s1. The lowest BCUT2D eigenvalue weighted by Crippen LogP contribution is -2.66. The quantitative estimate of drug-likeness (QED) is 0.0432. The molecular weight excluding hydrogens is 895 g/mol. The molecule has 15 N–H and O–H groups in total. The molecule has 22 nitrogen and oxygen atoms in total. The van der Waals surface area contributed by atoms with Gasteiger partial charge in [-0.1, -0.05) is 63.6 Å². The summed E-state index contributed by atoms with van der Waals surface area (Å²) in [7, 11) is 0. The van der Waals surface area contributed by atoms with E-state index in [1.807, 2.05) is 30.3 Å². The van der Waals surface area contributed by atoms with Crippen LogP contribution in [-0.4, -0.2) is 128 Å². The molecule has 69 heavy (non-hydrogen) atoms. The number of benzene rings is 2. The number of carbonyl (C=O) groups excluding carboxylic acids is 8. The first-order valence-corrected chi connectivity index (χ1v) is 22.7. The minimum atomic E-state index is -2.24. The summed E-state index contributed by atoms with van der Waals surface area (Å²) in [5, 5.41) is 40.0. The highest BCUT2D eigenvalue weighted by Crippen LogP contribution is 2.23. The highest BCUT2D eigenvalue weighted by molar-refractivity contribution is 6.00. The summed E-state index contributed by atoms with van der Waals surface area (Å²) in [5.74, 6) is -9.08. The van der Waals surface area contributed by atoms with Crippen LogP contribution in [0.15, 0.2) is 60.9 Å². The SMILES string of the molecule is CC(C)(C)C[C@H](NC(=O)[C@H](CC(=O)O)NC(=O)[C@H](Cc1c[nH]c2ccccc12)NC(=O)[C@@H]1CCCCN1)C(=O)N[C@@](C)(CO)C(=O)N[C@@H](CC(N)=O)C(=O)N[C@@H](Cc1c[nH]c2ccccc12)C(N)=O. The van der Waals surface area contributed by atoms with E-state index in [2.05, 4.69) is 47.2 Å². The Labute approximate surface area is 397 Å². The van der Waals surface area contributed by atoms with Crippen molar-refractivity contribution in [3.63, 3.8) is 0 Å². The minimum absolute atomic E-state index is 0.0364. The fourth-order valence-electron chi connectivity index (χ4n) is 8.10. The molecule has 0 radical (unpaired) electrons. The molecule has 8 amide bonds. The first-order chi connectivity index (χ1) is 32.6. The normalized spacial score (nSPS) is 16.9. The Morgan fingerprint density at radius 3 is 1.70 bits per heavy atom. The number of carboxylic acids is 1. The van der Waals surface area contributed by atoms with Gasteiger partial charge in [0.05, 0.1) is 25.5 Å². The molecule has 0 unspecified atom stereocenters. The smallest absolute Gasteiger partial charge is 0.305 e. The van der Waals surface area contributed by atoms with Crippen LogP contribution in [0.1, 0.15) is 77.3 Å². The number of amides is 8. The van der Waals surface area contributed by atoms with Crippen LogP contribution in [0.4, 0.5) is 0 Å².